The van der Waals surface area contributed by atoms with E-state index in [0.29, 0.717) is 6.42 Å². The maximum absolute atomic E-state index is 13.2. The van der Waals surface area contributed by atoms with E-state index in [0.717, 1.165) is 43.6 Å². The van der Waals surface area contributed by atoms with Gasteiger partial charge >= 0.3 is 0 Å². The third-order valence-corrected chi connectivity index (χ3v) is 6.67. The van der Waals surface area contributed by atoms with Crippen molar-refractivity contribution in [2.75, 3.05) is 13.1 Å². The molecule has 1 spiro atoms. The van der Waals surface area contributed by atoms with E-state index in [-0.39, 0.29) is 23.2 Å². The average molecular weight is 416 g/mol. The highest BCUT2D eigenvalue weighted by Crippen LogP contribution is 2.41. The molecule has 1 aromatic heterocycles. The van der Waals surface area contributed by atoms with Crippen LogP contribution in [0.15, 0.2) is 73.1 Å². The van der Waals surface area contributed by atoms with E-state index >= 15 is 0 Å². The Morgan fingerprint density at radius 2 is 1.68 bits per heavy atom. The molecule has 0 radical (unpaired) electrons. The fourth-order valence-corrected chi connectivity index (χ4v) is 5.20. The highest BCUT2D eigenvalue weighted by atomic mass is 19.1. The van der Waals surface area contributed by atoms with Gasteiger partial charge in [-0.3, -0.25) is 14.7 Å². The third kappa shape index (κ3) is 4.10. The Morgan fingerprint density at radius 3 is 2.35 bits per heavy atom. The SMILES string of the molecule is O=C1CCC[C@]2(CN(Cc3ccc(-c4ccc(F)cc4)cc3)C[C@H]2c2ccncc2)N1. The van der Waals surface area contributed by atoms with Crippen LogP contribution in [-0.4, -0.2) is 34.4 Å². The second-order valence-corrected chi connectivity index (χ2v) is 8.76. The number of amides is 1. The Labute approximate surface area is 182 Å². The monoisotopic (exact) mass is 415 g/mol. The number of piperidine rings is 1. The van der Waals surface area contributed by atoms with Crippen LogP contribution in [0.4, 0.5) is 4.39 Å². The van der Waals surface area contributed by atoms with Crippen LogP contribution in [0.2, 0.25) is 0 Å². The summed E-state index contributed by atoms with van der Waals surface area (Å²) in [5.74, 6) is 0.205. The minimum Gasteiger partial charge on any atom is -0.349 e. The van der Waals surface area contributed by atoms with Gasteiger partial charge < -0.3 is 5.32 Å². The lowest BCUT2D eigenvalue weighted by molar-refractivity contribution is -0.125. The minimum absolute atomic E-state index is 0.163. The second-order valence-electron chi connectivity index (χ2n) is 8.76. The number of nitrogens with one attached hydrogen (secondary N) is 1. The predicted octanol–water partition coefficient (Wildman–Crippen LogP) is 4.53. The summed E-state index contributed by atoms with van der Waals surface area (Å²) in [6.07, 6.45) is 6.24. The van der Waals surface area contributed by atoms with Crippen LogP contribution >= 0.6 is 0 Å². The van der Waals surface area contributed by atoms with E-state index in [9.17, 15) is 9.18 Å². The zero-order chi connectivity index (χ0) is 21.3. The Bertz CT molecular complexity index is 1050. The van der Waals surface area contributed by atoms with E-state index in [2.05, 4.69) is 51.6 Å². The molecule has 0 saturated carbocycles. The van der Waals surface area contributed by atoms with E-state index in [1.807, 2.05) is 12.4 Å². The van der Waals surface area contributed by atoms with Crippen molar-refractivity contribution in [1.29, 1.82) is 0 Å². The number of aromatic nitrogens is 1. The van der Waals surface area contributed by atoms with E-state index in [1.165, 1.54) is 23.3 Å². The molecule has 2 saturated heterocycles. The summed E-state index contributed by atoms with van der Waals surface area (Å²) in [6.45, 7) is 2.60. The van der Waals surface area contributed by atoms with Crippen molar-refractivity contribution in [1.82, 2.24) is 15.2 Å². The number of nitrogens with zero attached hydrogens (tertiary/aromatic N) is 2. The molecule has 0 unspecified atom stereocenters. The Hall–Kier alpha value is -3.05. The zero-order valence-electron chi connectivity index (χ0n) is 17.4. The molecular formula is C26H26FN3O. The van der Waals surface area contributed by atoms with Gasteiger partial charge in [0.05, 0.1) is 5.54 Å². The van der Waals surface area contributed by atoms with Gasteiger partial charge in [-0.15, -0.1) is 0 Å². The fourth-order valence-electron chi connectivity index (χ4n) is 5.20. The van der Waals surface area contributed by atoms with E-state index < -0.39 is 0 Å². The predicted molar refractivity (Wildman–Crippen MR) is 119 cm³/mol. The summed E-state index contributed by atoms with van der Waals surface area (Å²) in [6, 6.07) is 19.2. The quantitative estimate of drug-likeness (QED) is 0.681. The number of halogens is 1. The molecule has 5 heteroatoms. The highest BCUT2D eigenvalue weighted by molar-refractivity contribution is 5.78. The fraction of sp³-hybridized carbons (Fsp3) is 0.308. The van der Waals surface area contributed by atoms with Crippen LogP contribution in [0.1, 0.15) is 36.3 Å². The highest BCUT2D eigenvalue weighted by Gasteiger charge is 2.49. The van der Waals surface area contributed by atoms with Gasteiger partial charge in [0.25, 0.3) is 0 Å². The number of benzene rings is 2. The first-order valence-electron chi connectivity index (χ1n) is 10.9. The third-order valence-electron chi connectivity index (χ3n) is 6.67. The topological polar surface area (TPSA) is 45.2 Å². The molecule has 3 aromatic rings. The van der Waals surface area contributed by atoms with Gasteiger partial charge in [0.15, 0.2) is 0 Å². The molecular weight excluding hydrogens is 389 g/mol. The lowest BCUT2D eigenvalue weighted by atomic mass is 9.77. The van der Waals surface area contributed by atoms with Crippen molar-refractivity contribution in [2.24, 2.45) is 0 Å². The van der Waals surface area contributed by atoms with Gasteiger partial charge in [0.2, 0.25) is 5.91 Å². The van der Waals surface area contributed by atoms with Gasteiger partial charge in [0.1, 0.15) is 5.82 Å². The van der Waals surface area contributed by atoms with Gasteiger partial charge in [-0.25, -0.2) is 4.39 Å². The Kier molecular flexibility index (Phi) is 5.28. The van der Waals surface area contributed by atoms with Crippen LogP contribution in [-0.2, 0) is 11.3 Å². The first-order valence-corrected chi connectivity index (χ1v) is 10.9. The molecule has 2 fully saturated rings. The van der Waals surface area contributed by atoms with Gasteiger partial charge in [-0.1, -0.05) is 36.4 Å². The van der Waals surface area contributed by atoms with Crippen LogP contribution in [0.5, 0.6) is 0 Å². The molecule has 0 aliphatic carbocycles. The molecule has 2 aliphatic heterocycles. The lowest BCUT2D eigenvalue weighted by Gasteiger charge is -2.39. The average Bonchev–Trinajstić information content (AvgIpc) is 3.12. The normalized spacial score (nSPS) is 23.8. The molecule has 2 aromatic carbocycles. The van der Waals surface area contributed by atoms with Crippen LogP contribution in [0.25, 0.3) is 11.1 Å². The van der Waals surface area contributed by atoms with Crippen LogP contribution in [0.3, 0.4) is 0 Å². The molecule has 4 nitrogen and oxygen atoms in total. The zero-order valence-corrected chi connectivity index (χ0v) is 17.4. The smallest absolute Gasteiger partial charge is 0.220 e. The number of pyridine rings is 1. The van der Waals surface area contributed by atoms with Gasteiger partial charge in [-0.2, -0.15) is 0 Å². The van der Waals surface area contributed by atoms with Crippen molar-refractivity contribution < 1.29 is 9.18 Å². The van der Waals surface area contributed by atoms with Crippen LogP contribution in [0, 0.1) is 5.82 Å². The number of hydrogen-bond acceptors (Lipinski definition) is 3. The summed E-state index contributed by atoms with van der Waals surface area (Å²) in [5, 5.41) is 3.36. The standard InChI is InChI=1S/C26H26FN3O/c27-23-9-7-21(8-10-23)20-5-3-19(4-6-20)16-30-17-24(22-11-14-28-15-12-22)26(18-30)13-1-2-25(31)29-26/h3-12,14-15,24H,1-2,13,16-18H2,(H,29,31)/t24-,26+/m0/s1. The summed E-state index contributed by atoms with van der Waals surface area (Å²) in [7, 11) is 0. The van der Waals surface area contributed by atoms with Crippen molar-refractivity contribution in [3.8, 4) is 11.1 Å². The lowest BCUT2D eigenvalue weighted by Crippen LogP contribution is -2.56. The molecule has 2 aliphatic rings. The number of carbonyl (C=O) groups is 1. The number of hydrogen-bond donors (Lipinski definition) is 1. The van der Waals surface area contributed by atoms with Crippen molar-refractivity contribution in [3.05, 3.63) is 90.0 Å². The largest absolute Gasteiger partial charge is 0.349 e. The number of carbonyl (C=O) groups excluding carboxylic acids is 1. The van der Waals surface area contributed by atoms with Gasteiger partial charge in [0, 0.05) is 44.4 Å². The maximum atomic E-state index is 13.2. The van der Waals surface area contributed by atoms with Crippen LogP contribution < -0.4 is 5.32 Å². The van der Waals surface area contributed by atoms with Gasteiger partial charge in [-0.05, 0) is 59.4 Å². The van der Waals surface area contributed by atoms with Crippen molar-refractivity contribution >= 4 is 5.91 Å². The van der Waals surface area contributed by atoms with Crippen molar-refractivity contribution in [3.63, 3.8) is 0 Å². The minimum atomic E-state index is -0.220. The number of likely N-dealkylation sites (tertiary alicyclic amines) is 1. The molecule has 0 bridgehead atoms. The molecule has 3 heterocycles. The Balaban J connectivity index is 1.35. The first-order chi connectivity index (χ1) is 15.1. The van der Waals surface area contributed by atoms with Crippen molar-refractivity contribution in [2.45, 2.75) is 37.3 Å². The molecule has 5 rings (SSSR count). The van der Waals surface area contributed by atoms with E-state index in [4.69, 9.17) is 0 Å². The number of rotatable bonds is 4. The molecule has 2 atom stereocenters. The molecule has 1 N–H and O–H groups in total. The first kappa shape index (κ1) is 19.9. The Morgan fingerprint density at radius 1 is 1.00 bits per heavy atom. The molecule has 1 amide bonds. The summed E-state index contributed by atoms with van der Waals surface area (Å²) in [4.78, 5) is 18.9. The summed E-state index contributed by atoms with van der Waals surface area (Å²) < 4.78 is 13.2. The molecule has 158 valence electrons. The summed E-state index contributed by atoms with van der Waals surface area (Å²) >= 11 is 0. The summed E-state index contributed by atoms with van der Waals surface area (Å²) in [5.41, 5.74) is 4.36. The second kappa shape index (κ2) is 8.23. The molecule has 31 heavy (non-hydrogen) atoms. The maximum Gasteiger partial charge on any atom is 0.220 e. The van der Waals surface area contributed by atoms with E-state index in [1.54, 1.807) is 12.1 Å².